The van der Waals surface area contributed by atoms with E-state index in [4.69, 9.17) is 0 Å². The lowest BCUT2D eigenvalue weighted by molar-refractivity contribution is -0.119. The second-order valence-corrected chi connectivity index (χ2v) is 4.16. The number of aromatic nitrogens is 1. The van der Waals surface area contributed by atoms with Gasteiger partial charge in [0.1, 0.15) is 5.78 Å². The molecule has 0 aliphatic carbocycles. The summed E-state index contributed by atoms with van der Waals surface area (Å²) in [5.74, 6) is 0.808. The fraction of sp³-hybridized carbons (Fsp3) is 0.538. The number of ketones is 1. The molecule has 2 nitrogen and oxygen atoms in total. The Hall–Kier alpha value is -1.18. The molecule has 0 aromatic carbocycles. The summed E-state index contributed by atoms with van der Waals surface area (Å²) in [6.45, 7) is 4.17. The van der Waals surface area contributed by atoms with Crippen molar-refractivity contribution in [1.82, 2.24) is 4.98 Å². The molecule has 0 saturated heterocycles. The highest BCUT2D eigenvalue weighted by Gasteiger charge is 2.08. The molecule has 0 aliphatic rings. The second kappa shape index (κ2) is 6.33. The average Bonchev–Trinajstić information content (AvgIpc) is 2.19. The third kappa shape index (κ3) is 4.73. The van der Waals surface area contributed by atoms with Crippen LogP contribution >= 0.6 is 0 Å². The van der Waals surface area contributed by atoms with Crippen LogP contribution in [-0.4, -0.2) is 10.8 Å². The zero-order valence-electron chi connectivity index (χ0n) is 9.57. The molecule has 0 saturated carbocycles. The van der Waals surface area contributed by atoms with Gasteiger partial charge in [0.05, 0.1) is 0 Å². The Kier molecular flexibility index (Phi) is 5.02. The normalized spacial score (nSPS) is 12.4. The van der Waals surface area contributed by atoms with Gasteiger partial charge in [0.2, 0.25) is 0 Å². The molecule has 0 spiro atoms. The molecule has 1 aromatic rings. The summed E-state index contributed by atoms with van der Waals surface area (Å²) in [4.78, 5) is 15.5. The molecular formula is C13H19NO. The van der Waals surface area contributed by atoms with Crippen molar-refractivity contribution in [2.75, 3.05) is 0 Å². The van der Waals surface area contributed by atoms with Gasteiger partial charge in [-0.1, -0.05) is 19.9 Å². The summed E-state index contributed by atoms with van der Waals surface area (Å²) in [6, 6.07) is 4.00. The number of hydrogen-bond acceptors (Lipinski definition) is 2. The van der Waals surface area contributed by atoms with E-state index in [1.807, 2.05) is 19.2 Å². The zero-order chi connectivity index (χ0) is 11.1. The number of Topliss-reactive ketones (excluding diaryl/α,β-unsaturated/α-hetero) is 1. The number of carbonyl (C=O) groups is 1. The molecule has 1 heterocycles. The first-order valence-electron chi connectivity index (χ1n) is 5.63. The minimum atomic E-state index is 0.383. The Morgan fingerprint density at radius 1 is 1.53 bits per heavy atom. The summed E-state index contributed by atoms with van der Waals surface area (Å²) in [7, 11) is 0. The summed E-state index contributed by atoms with van der Waals surface area (Å²) < 4.78 is 0. The Morgan fingerprint density at radius 2 is 2.33 bits per heavy atom. The molecule has 0 amide bonds. The van der Waals surface area contributed by atoms with Gasteiger partial charge >= 0.3 is 0 Å². The van der Waals surface area contributed by atoms with Crippen LogP contribution in [0.25, 0.3) is 0 Å². The molecule has 1 unspecified atom stereocenters. The molecule has 82 valence electrons. The third-order valence-electron chi connectivity index (χ3n) is 2.41. The van der Waals surface area contributed by atoms with Crippen molar-refractivity contribution in [3.8, 4) is 0 Å². The molecule has 1 atom stereocenters. The van der Waals surface area contributed by atoms with Crippen LogP contribution in [0.5, 0.6) is 0 Å². The Morgan fingerprint density at radius 3 is 2.93 bits per heavy atom. The predicted molar refractivity (Wildman–Crippen MR) is 61.6 cm³/mol. The van der Waals surface area contributed by atoms with Crippen LogP contribution in [0.1, 0.15) is 38.7 Å². The van der Waals surface area contributed by atoms with Crippen molar-refractivity contribution in [3.05, 3.63) is 30.1 Å². The summed E-state index contributed by atoms with van der Waals surface area (Å²) in [6.07, 6.45) is 6.97. The van der Waals surface area contributed by atoms with Crippen LogP contribution in [0.15, 0.2) is 24.5 Å². The van der Waals surface area contributed by atoms with Gasteiger partial charge in [-0.15, -0.1) is 0 Å². The van der Waals surface area contributed by atoms with E-state index >= 15 is 0 Å². The standard InChI is InChI=1S/C13H19NO/c1-3-5-13(15)9-11(2)8-12-6-4-7-14-10-12/h4,6-7,10-11H,3,5,8-9H2,1-2H3. The molecule has 15 heavy (non-hydrogen) atoms. The van der Waals surface area contributed by atoms with E-state index in [2.05, 4.69) is 18.0 Å². The largest absolute Gasteiger partial charge is 0.300 e. The van der Waals surface area contributed by atoms with Gasteiger partial charge in [-0.25, -0.2) is 0 Å². The number of hydrogen-bond donors (Lipinski definition) is 0. The Bertz CT molecular complexity index is 295. The SMILES string of the molecule is CCCC(=O)CC(C)Cc1cccnc1. The van der Waals surface area contributed by atoms with Crippen molar-refractivity contribution < 1.29 is 4.79 Å². The van der Waals surface area contributed by atoms with Gasteiger partial charge in [-0.3, -0.25) is 9.78 Å². The lowest BCUT2D eigenvalue weighted by Crippen LogP contribution is -2.07. The van der Waals surface area contributed by atoms with E-state index in [1.165, 1.54) is 5.56 Å². The van der Waals surface area contributed by atoms with E-state index in [0.717, 1.165) is 19.3 Å². The van der Waals surface area contributed by atoms with Crippen molar-refractivity contribution in [3.63, 3.8) is 0 Å². The molecule has 1 aromatic heterocycles. The summed E-state index contributed by atoms with van der Waals surface area (Å²) in [5.41, 5.74) is 1.22. The van der Waals surface area contributed by atoms with Crippen LogP contribution in [0, 0.1) is 5.92 Å². The van der Waals surface area contributed by atoms with Crippen LogP contribution in [0.3, 0.4) is 0 Å². The van der Waals surface area contributed by atoms with Gasteiger partial charge in [-0.05, 0) is 30.4 Å². The van der Waals surface area contributed by atoms with E-state index in [1.54, 1.807) is 6.20 Å². The topological polar surface area (TPSA) is 30.0 Å². The second-order valence-electron chi connectivity index (χ2n) is 4.16. The van der Waals surface area contributed by atoms with Crippen molar-refractivity contribution in [2.24, 2.45) is 5.92 Å². The molecule has 0 radical (unpaired) electrons. The van der Waals surface area contributed by atoms with Gasteiger partial charge in [0.25, 0.3) is 0 Å². The van der Waals surface area contributed by atoms with Gasteiger partial charge in [-0.2, -0.15) is 0 Å². The number of carbonyl (C=O) groups excluding carboxylic acids is 1. The lowest BCUT2D eigenvalue weighted by atomic mass is 9.96. The first kappa shape index (κ1) is 11.9. The van der Waals surface area contributed by atoms with Crippen LogP contribution < -0.4 is 0 Å². The average molecular weight is 205 g/mol. The van der Waals surface area contributed by atoms with Crippen LogP contribution in [-0.2, 0) is 11.2 Å². The fourth-order valence-electron chi connectivity index (χ4n) is 1.76. The molecule has 1 rings (SSSR count). The van der Waals surface area contributed by atoms with Crippen LogP contribution in [0.4, 0.5) is 0 Å². The van der Waals surface area contributed by atoms with Gasteiger partial charge < -0.3 is 0 Å². The minimum absolute atomic E-state index is 0.383. The van der Waals surface area contributed by atoms with Crippen LogP contribution in [0.2, 0.25) is 0 Å². The predicted octanol–water partition coefficient (Wildman–Crippen LogP) is 3.02. The first-order chi connectivity index (χ1) is 7.22. The van der Waals surface area contributed by atoms with E-state index in [0.29, 0.717) is 18.1 Å². The smallest absolute Gasteiger partial charge is 0.133 e. The Labute approximate surface area is 91.7 Å². The summed E-state index contributed by atoms with van der Waals surface area (Å²) in [5, 5.41) is 0. The highest BCUT2D eigenvalue weighted by atomic mass is 16.1. The number of pyridine rings is 1. The molecule has 0 N–H and O–H groups in total. The summed E-state index contributed by atoms with van der Waals surface area (Å²) >= 11 is 0. The molecule has 0 fully saturated rings. The lowest BCUT2D eigenvalue weighted by Gasteiger charge is -2.09. The zero-order valence-corrected chi connectivity index (χ0v) is 9.57. The highest BCUT2D eigenvalue weighted by Crippen LogP contribution is 2.12. The third-order valence-corrected chi connectivity index (χ3v) is 2.41. The maximum absolute atomic E-state index is 11.4. The number of nitrogens with zero attached hydrogens (tertiary/aromatic N) is 1. The van der Waals surface area contributed by atoms with Crippen molar-refractivity contribution >= 4 is 5.78 Å². The molecule has 0 bridgehead atoms. The Balaban J connectivity index is 2.36. The molecule has 2 heteroatoms. The monoisotopic (exact) mass is 205 g/mol. The van der Waals surface area contributed by atoms with Crippen molar-refractivity contribution in [2.45, 2.75) is 39.5 Å². The maximum Gasteiger partial charge on any atom is 0.133 e. The quantitative estimate of drug-likeness (QED) is 0.714. The highest BCUT2D eigenvalue weighted by molar-refractivity contribution is 5.78. The van der Waals surface area contributed by atoms with E-state index in [9.17, 15) is 4.79 Å². The van der Waals surface area contributed by atoms with E-state index < -0.39 is 0 Å². The molecular weight excluding hydrogens is 186 g/mol. The fourth-order valence-corrected chi connectivity index (χ4v) is 1.76. The minimum Gasteiger partial charge on any atom is -0.300 e. The van der Waals surface area contributed by atoms with Gasteiger partial charge in [0, 0.05) is 25.2 Å². The van der Waals surface area contributed by atoms with Gasteiger partial charge in [0.15, 0.2) is 0 Å². The molecule has 0 aliphatic heterocycles. The van der Waals surface area contributed by atoms with E-state index in [-0.39, 0.29) is 0 Å². The van der Waals surface area contributed by atoms with Crippen molar-refractivity contribution in [1.29, 1.82) is 0 Å². The maximum atomic E-state index is 11.4. The number of rotatable bonds is 6. The first-order valence-corrected chi connectivity index (χ1v) is 5.63.